The summed E-state index contributed by atoms with van der Waals surface area (Å²) in [5.41, 5.74) is 0. The van der Waals surface area contributed by atoms with Crippen molar-refractivity contribution >= 4 is 5.91 Å². The first-order valence-electron chi connectivity index (χ1n) is 18.4. The van der Waals surface area contributed by atoms with Gasteiger partial charge in [-0.2, -0.15) is 0 Å². The van der Waals surface area contributed by atoms with Gasteiger partial charge in [-0.1, -0.05) is 187 Å². The zero-order valence-electron chi connectivity index (χ0n) is 27.8. The van der Waals surface area contributed by atoms with Crippen molar-refractivity contribution in [1.82, 2.24) is 5.32 Å². The highest BCUT2D eigenvalue weighted by Gasteiger charge is 2.17. The molecule has 244 valence electrons. The van der Waals surface area contributed by atoms with Crippen LogP contribution in [0.25, 0.3) is 0 Å². The average molecular weight is 580 g/mol. The van der Waals surface area contributed by atoms with E-state index >= 15 is 0 Å². The maximum atomic E-state index is 12.3. The van der Waals surface area contributed by atoms with Gasteiger partial charge in [-0.25, -0.2) is 0 Å². The number of amides is 1. The molecule has 0 aromatic heterocycles. The topological polar surface area (TPSA) is 69.6 Å². The molecule has 0 aromatic carbocycles. The lowest BCUT2D eigenvalue weighted by Crippen LogP contribution is -2.45. The molecule has 0 saturated carbocycles. The predicted molar refractivity (Wildman–Crippen MR) is 179 cm³/mol. The van der Waals surface area contributed by atoms with Crippen molar-refractivity contribution in [2.24, 2.45) is 0 Å². The summed E-state index contributed by atoms with van der Waals surface area (Å²) in [5, 5.41) is 22.9. The molecule has 0 aliphatic heterocycles. The van der Waals surface area contributed by atoms with Gasteiger partial charge in [0.2, 0.25) is 5.91 Å². The number of carbonyl (C=O) groups is 1. The van der Waals surface area contributed by atoms with Crippen molar-refractivity contribution in [3.8, 4) is 0 Å². The van der Waals surface area contributed by atoms with Crippen molar-refractivity contribution in [1.29, 1.82) is 0 Å². The number of carbonyl (C=O) groups excluding carboxylic acids is 1. The van der Waals surface area contributed by atoms with Gasteiger partial charge in [0, 0.05) is 6.42 Å². The Kier molecular flexibility index (Phi) is 32.9. The molecule has 2 atom stereocenters. The Morgan fingerprint density at radius 2 is 0.902 bits per heavy atom. The lowest BCUT2D eigenvalue weighted by molar-refractivity contribution is -0.123. The number of allylic oxidation sites excluding steroid dienone is 1. The minimum Gasteiger partial charge on any atom is -0.394 e. The fourth-order valence-corrected chi connectivity index (χ4v) is 5.65. The third kappa shape index (κ3) is 30.4. The normalized spacial score (nSPS) is 13.2. The van der Waals surface area contributed by atoms with Crippen LogP contribution in [0.2, 0.25) is 0 Å². The van der Waals surface area contributed by atoms with E-state index in [1.807, 2.05) is 6.08 Å². The fraction of sp³-hybridized carbons (Fsp3) is 0.919. The molecule has 4 nitrogen and oxygen atoms in total. The van der Waals surface area contributed by atoms with E-state index in [9.17, 15) is 15.0 Å². The Balaban J connectivity index is 3.59. The minimum atomic E-state index is -0.831. The first-order valence-corrected chi connectivity index (χ1v) is 18.4. The van der Waals surface area contributed by atoms with Crippen LogP contribution >= 0.6 is 0 Å². The Hall–Kier alpha value is -0.870. The maximum absolute atomic E-state index is 12.3. The van der Waals surface area contributed by atoms with Gasteiger partial charge in [0.15, 0.2) is 0 Å². The SMILES string of the molecule is CCCCCCCCCCCCCCCCC/C=C/[C@@H](O)[C@H](CO)NC(=O)CCCCCCCCCCCCCC. The molecular weight excluding hydrogens is 506 g/mol. The fourth-order valence-electron chi connectivity index (χ4n) is 5.65. The van der Waals surface area contributed by atoms with Gasteiger partial charge >= 0.3 is 0 Å². The maximum Gasteiger partial charge on any atom is 0.220 e. The summed E-state index contributed by atoms with van der Waals surface area (Å²) in [6.45, 7) is 4.30. The van der Waals surface area contributed by atoms with Crippen LogP contribution in [0.3, 0.4) is 0 Å². The van der Waals surface area contributed by atoms with Crippen molar-refractivity contribution in [2.45, 2.75) is 212 Å². The molecule has 41 heavy (non-hydrogen) atoms. The van der Waals surface area contributed by atoms with Crippen LogP contribution in [0.4, 0.5) is 0 Å². The van der Waals surface area contributed by atoms with Crippen LogP contribution < -0.4 is 5.32 Å². The number of hydrogen-bond acceptors (Lipinski definition) is 3. The van der Waals surface area contributed by atoms with E-state index in [4.69, 9.17) is 0 Å². The summed E-state index contributed by atoms with van der Waals surface area (Å²) in [6, 6.07) is -0.614. The zero-order valence-corrected chi connectivity index (χ0v) is 27.8. The quantitative estimate of drug-likeness (QED) is 0.0535. The number of aliphatic hydroxyl groups excluding tert-OH is 2. The number of rotatable bonds is 33. The van der Waals surface area contributed by atoms with Gasteiger partial charge in [0.25, 0.3) is 0 Å². The van der Waals surface area contributed by atoms with Crippen LogP contribution in [0.1, 0.15) is 200 Å². The molecule has 3 N–H and O–H groups in total. The second-order valence-electron chi connectivity index (χ2n) is 12.7. The summed E-state index contributed by atoms with van der Waals surface area (Å²) < 4.78 is 0. The molecule has 0 aliphatic carbocycles. The molecule has 0 radical (unpaired) electrons. The van der Waals surface area contributed by atoms with E-state index in [0.29, 0.717) is 6.42 Å². The third-order valence-corrected chi connectivity index (χ3v) is 8.52. The van der Waals surface area contributed by atoms with E-state index < -0.39 is 12.1 Å². The molecule has 0 aromatic rings. The highest BCUT2D eigenvalue weighted by Crippen LogP contribution is 2.15. The second-order valence-corrected chi connectivity index (χ2v) is 12.7. The monoisotopic (exact) mass is 580 g/mol. The average Bonchev–Trinajstić information content (AvgIpc) is 2.97. The molecule has 1 amide bonds. The van der Waals surface area contributed by atoms with E-state index in [0.717, 1.165) is 25.7 Å². The zero-order chi connectivity index (χ0) is 30.1. The van der Waals surface area contributed by atoms with E-state index in [1.165, 1.54) is 154 Å². The van der Waals surface area contributed by atoms with Gasteiger partial charge in [0.05, 0.1) is 18.8 Å². The molecule has 0 fully saturated rings. The Labute approximate surface area is 256 Å². The minimum absolute atomic E-state index is 0.0639. The summed E-state index contributed by atoms with van der Waals surface area (Å²) in [6.07, 6.45) is 40.1. The molecular formula is C37H73NO3. The number of aliphatic hydroxyl groups is 2. The smallest absolute Gasteiger partial charge is 0.220 e. The van der Waals surface area contributed by atoms with E-state index in [2.05, 4.69) is 19.2 Å². The Bertz CT molecular complexity index is 550. The Morgan fingerprint density at radius 1 is 0.561 bits per heavy atom. The van der Waals surface area contributed by atoms with E-state index in [1.54, 1.807) is 6.08 Å². The van der Waals surface area contributed by atoms with Gasteiger partial charge in [-0.05, 0) is 19.3 Å². The van der Waals surface area contributed by atoms with E-state index in [-0.39, 0.29) is 12.5 Å². The number of unbranched alkanes of at least 4 members (excludes halogenated alkanes) is 26. The van der Waals surface area contributed by atoms with Crippen LogP contribution in [0, 0.1) is 0 Å². The first kappa shape index (κ1) is 40.1. The van der Waals surface area contributed by atoms with Crippen LogP contribution in [-0.4, -0.2) is 34.9 Å². The molecule has 0 saturated heterocycles. The lowest BCUT2D eigenvalue weighted by Gasteiger charge is -2.20. The summed E-state index contributed by atoms with van der Waals surface area (Å²) >= 11 is 0. The highest BCUT2D eigenvalue weighted by molar-refractivity contribution is 5.76. The molecule has 0 heterocycles. The van der Waals surface area contributed by atoms with Crippen LogP contribution in [-0.2, 0) is 4.79 Å². The van der Waals surface area contributed by atoms with Crippen LogP contribution in [0.5, 0.6) is 0 Å². The largest absolute Gasteiger partial charge is 0.394 e. The van der Waals surface area contributed by atoms with Gasteiger partial charge in [-0.15, -0.1) is 0 Å². The molecule has 0 aliphatic rings. The number of nitrogens with one attached hydrogen (secondary N) is 1. The highest BCUT2D eigenvalue weighted by atomic mass is 16.3. The Morgan fingerprint density at radius 3 is 1.27 bits per heavy atom. The lowest BCUT2D eigenvalue weighted by atomic mass is 10.0. The summed E-state index contributed by atoms with van der Waals surface area (Å²) in [7, 11) is 0. The molecule has 4 heteroatoms. The van der Waals surface area contributed by atoms with Crippen molar-refractivity contribution in [3.05, 3.63) is 12.2 Å². The summed E-state index contributed by atoms with van der Waals surface area (Å²) in [4.78, 5) is 12.3. The van der Waals surface area contributed by atoms with Crippen molar-refractivity contribution in [2.75, 3.05) is 6.61 Å². The summed E-state index contributed by atoms with van der Waals surface area (Å²) in [5.74, 6) is -0.0639. The van der Waals surface area contributed by atoms with Crippen molar-refractivity contribution < 1.29 is 15.0 Å². The van der Waals surface area contributed by atoms with Gasteiger partial charge in [0.1, 0.15) is 0 Å². The predicted octanol–water partition coefficient (Wildman–Crippen LogP) is 10.7. The third-order valence-electron chi connectivity index (χ3n) is 8.52. The molecule has 0 bridgehead atoms. The first-order chi connectivity index (χ1) is 20.2. The standard InChI is InChI=1S/C37H73NO3/c1-3-5-7-9-11-13-15-17-18-19-20-21-22-24-26-28-30-32-36(40)35(34-39)38-37(41)33-31-29-27-25-23-16-14-12-10-8-6-4-2/h30,32,35-36,39-40H,3-29,31,33-34H2,1-2H3,(H,38,41)/b32-30+/t35-,36+/m0/s1. The van der Waals surface area contributed by atoms with Gasteiger partial charge < -0.3 is 15.5 Å². The second kappa shape index (κ2) is 33.6. The molecule has 0 rings (SSSR count). The molecule has 0 unspecified atom stereocenters. The van der Waals surface area contributed by atoms with Crippen molar-refractivity contribution in [3.63, 3.8) is 0 Å². The van der Waals surface area contributed by atoms with Crippen LogP contribution in [0.15, 0.2) is 12.2 Å². The molecule has 0 spiro atoms. The van der Waals surface area contributed by atoms with Gasteiger partial charge in [-0.3, -0.25) is 4.79 Å². The number of hydrogen-bond donors (Lipinski definition) is 3.